The van der Waals surface area contributed by atoms with Crippen molar-refractivity contribution in [3.63, 3.8) is 0 Å². The van der Waals surface area contributed by atoms with Gasteiger partial charge in [-0.2, -0.15) is 0 Å². The molecule has 0 aromatic rings. The predicted octanol–water partition coefficient (Wildman–Crippen LogP) is -2.48. The molecule has 29 valence electrons. The summed E-state index contributed by atoms with van der Waals surface area (Å²) >= 11 is 0. The maximum Gasteiger partial charge on any atom is 2.00 e. The molecule has 0 rings (SSSR count). The van der Waals surface area contributed by atoms with Gasteiger partial charge in [0, 0.05) is 0 Å². The van der Waals surface area contributed by atoms with Crippen LogP contribution in [0, 0.1) is 0 Å². The van der Waals surface area contributed by atoms with Crippen LogP contribution in [0.1, 0.15) is 2.85 Å². The number of hydrogen-bond donors (Lipinski definition) is 2. The minimum atomic E-state index is 0. The fraction of sp³-hybridized carbons (Fsp3) is 0. The molecular formula is H6BMgO3. The van der Waals surface area contributed by atoms with Crippen LogP contribution >= 0.6 is 0 Å². The van der Waals surface area contributed by atoms with Crippen LogP contribution in [-0.2, 0) is 0 Å². The summed E-state index contributed by atoms with van der Waals surface area (Å²) in [6.45, 7) is 0. The zero-order valence-corrected chi connectivity index (χ0v) is 4.09. The minimum absolute atomic E-state index is 0. The van der Waals surface area contributed by atoms with E-state index in [1.165, 1.54) is 0 Å². The molecule has 0 amide bonds. The molecule has 0 aliphatic heterocycles. The van der Waals surface area contributed by atoms with Crippen molar-refractivity contribution in [3.05, 3.63) is 0 Å². The van der Waals surface area contributed by atoms with Crippen LogP contribution in [-0.4, -0.2) is 46.3 Å². The molecule has 0 aliphatic rings. The molecule has 0 saturated carbocycles. The molecule has 0 aromatic carbocycles. The van der Waals surface area contributed by atoms with E-state index in [2.05, 4.69) is 0 Å². The summed E-state index contributed by atoms with van der Waals surface area (Å²) in [4.78, 5) is 0. The molecule has 0 heterocycles. The van der Waals surface area contributed by atoms with Gasteiger partial charge in [0.15, 0.2) is 0 Å². The summed E-state index contributed by atoms with van der Waals surface area (Å²) in [6, 6.07) is 0. The Labute approximate surface area is 49.7 Å². The second kappa shape index (κ2) is 22.2. The predicted molar refractivity (Wildman–Crippen MR) is 21.8 cm³/mol. The van der Waals surface area contributed by atoms with E-state index >= 15 is 0 Å². The smallest absolute Gasteiger partial charge is 1.00 e. The van der Waals surface area contributed by atoms with Gasteiger partial charge >= 0.3 is 30.7 Å². The van der Waals surface area contributed by atoms with Gasteiger partial charge in [-0.1, -0.05) is 0 Å². The quantitative estimate of drug-likeness (QED) is 0.323. The van der Waals surface area contributed by atoms with Crippen molar-refractivity contribution in [1.29, 1.82) is 0 Å². The number of rotatable bonds is 0. The molecule has 0 aromatic heterocycles. The van der Waals surface area contributed by atoms with E-state index in [-0.39, 0.29) is 39.1 Å². The molecule has 0 aliphatic carbocycles. The van der Waals surface area contributed by atoms with Crippen molar-refractivity contribution < 1.29 is 18.4 Å². The van der Waals surface area contributed by atoms with E-state index in [0.717, 1.165) is 0 Å². The fourth-order valence-corrected chi connectivity index (χ4v) is 0. The van der Waals surface area contributed by atoms with Crippen LogP contribution < -0.4 is 0 Å². The van der Waals surface area contributed by atoms with Gasteiger partial charge in [0.25, 0.3) is 0 Å². The first kappa shape index (κ1) is 17.2. The van der Waals surface area contributed by atoms with Crippen LogP contribution in [0.25, 0.3) is 0 Å². The zero-order chi connectivity index (χ0) is 2.71. The Hall–Kier alpha value is 0.711. The molecule has 3 nitrogen and oxygen atoms in total. The first-order chi connectivity index (χ1) is 1.41. The van der Waals surface area contributed by atoms with Crippen LogP contribution in [0.4, 0.5) is 0 Å². The molecule has 0 bridgehead atoms. The first-order valence-electron chi connectivity index (χ1n) is 0.516. The molecule has 5 heavy (non-hydrogen) atoms. The van der Waals surface area contributed by atoms with Crippen molar-refractivity contribution in [2.45, 2.75) is 0 Å². The Morgan fingerprint density at radius 1 is 1.40 bits per heavy atom. The van der Waals surface area contributed by atoms with Gasteiger partial charge in [0.1, 0.15) is 0 Å². The maximum absolute atomic E-state index is 7.00. The molecule has 0 atom stereocenters. The van der Waals surface area contributed by atoms with Crippen molar-refractivity contribution in [3.8, 4) is 0 Å². The third-order valence-corrected chi connectivity index (χ3v) is 0. The summed E-state index contributed by atoms with van der Waals surface area (Å²) < 4.78 is 0. The summed E-state index contributed by atoms with van der Waals surface area (Å²) in [5.41, 5.74) is 0. The average molecular weight is 89.2 g/mol. The molecule has 0 saturated heterocycles. The molecule has 4 N–H and O–H groups in total. The summed E-state index contributed by atoms with van der Waals surface area (Å²) in [7, 11) is 0. The van der Waals surface area contributed by atoms with E-state index in [9.17, 15) is 0 Å². The standard InChI is InChI=1S/BH2O2.Mg.H2O.2H/c2-1-3;;;;/h2-3H;;1H2;;/q;+2;;2*-1. The topological polar surface area (TPSA) is 72.0 Å². The van der Waals surface area contributed by atoms with Crippen molar-refractivity contribution in [2.24, 2.45) is 0 Å². The fourth-order valence-electron chi connectivity index (χ4n) is 0. The zero-order valence-electron chi connectivity index (χ0n) is 4.68. The first-order valence-corrected chi connectivity index (χ1v) is 0.516. The van der Waals surface area contributed by atoms with Gasteiger partial charge in [-0.3, -0.25) is 0 Å². The maximum atomic E-state index is 7.00. The summed E-state index contributed by atoms with van der Waals surface area (Å²) in [6.07, 6.45) is 0. The van der Waals surface area contributed by atoms with Crippen LogP contribution in [0.5, 0.6) is 0 Å². The largest absolute Gasteiger partial charge is 2.00 e. The van der Waals surface area contributed by atoms with E-state index in [0.29, 0.717) is 0 Å². The Balaban J connectivity index is -0.00000000333. The van der Waals surface area contributed by atoms with Gasteiger partial charge in [-0.15, -0.1) is 0 Å². The number of hydrogen-bond acceptors (Lipinski definition) is 2. The van der Waals surface area contributed by atoms with Gasteiger partial charge < -0.3 is 18.4 Å². The molecule has 0 unspecified atom stereocenters. The molecule has 0 spiro atoms. The van der Waals surface area contributed by atoms with E-state index in [1.807, 2.05) is 0 Å². The van der Waals surface area contributed by atoms with Gasteiger partial charge in [-0.05, 0) is 0 Å². The Bertz CT molecular complexity index is 12.9. The SMILES string of the molecule is O.O[B]O.[H-].[H-].[Mg+2]. The monoisotopic (exact) mass is 89.0 g/mol. The normalized spacial score (nSPS) is 2.80. The van der Waals surface area contributed by atoms with Gasteiger partial charge in [0.2, 0.25) is 0 Å². The summed E-state index contributed by atoms with van der Waals surface area (Å²) in [5, 5.41) is 14.0. The molecular weight excluding hydrogens is 83.1 g/mol. The third-order valence-electron chi connectivity index (χ3n) is 0. The van der Waals surface area contributed by atoms with E-state index < -0.39 is 0 Å². The van der Waals surface area contributed by atoms with Crippen LogP contribution in [0.15, 0.2) is 0 Å². The second-order valence-electron chi connectivity index (χ2n) is 0.115. The van der Waals surface area contributed by atoms with Crippen molar-refractivity contribution in [1.82, 2.24) is 0 Å². The molecule has 1 radical (unpaired) electrons. The van der Waals surface area contributed by atoms with Gasteiger partial charge in [-0.25, -0.2) is 0 Å². The van der Waals surface area contributed by atoms with Crippen molar-refractivity contribution in [2.75, 3.05) is 0 Å². The second-order valence-corrected chi connectivity index (χ2v) is 0.115. The Kier molecular flexibility index (Phi) is 76.4. The van der Waals surface area contributed by atoms with E-state index in [4.69, 9.17) is 10.0 Å². The average Bonchev–Trinajstić information content (AvgIpc) is 0.918. The molecule has 0 fully saturated rings. The minimum Gasteiger partial charge on any atom is -1.00 e. The third kappa shape index (κ3) is 68.5. The van der Waals surface area contributed by atoms with E-state index in [1.54, 1.807) is 0 Å². The van der Waals surface area contributed by atoms with Crippen molar-refractivity contribution >= 4 is 30.7 Å². The molecule has 5 heteroatoms. The Morgan fingerprint density at radius 3 is 1.40 bits per heavy atom. The summed E-state index contributed by atoms with van der Waals surface area (Å²) in [5.74, 6) is 0. The van der Waals surface area contributed by atoms with Crippen LogP contribution in [0.2, 0.25) is 0 Å². The van der Waals surface area contributed by atoms with Crippen LogP contribution in [0.3, 0.4) is 0 Å². The van der Waals surface area contributed by atoms with Gasteiger partial charge in [0.05, 0.1) is 0 Å². The Morgan fingerprint density at radius 2 is 1.40 bits per heavy atom.